The molecule has 8 heteroatoms. The van der Waals surface area contributed by atoms with Crippen molar-refractivity contribution in [2.75, 3.05) is 25.1 Å². The Morgan fingerprint density at radius 3 is 2.65 bits per heavy atom. The monoisotopic (exact) mass is 465 g/mol. The number of rotatable bonds is 8. The van der Waals surface area contributed by atoms with Gasteiger partial charge >= 0.3 is 0 Å². The molecule has 2 aromatic carbocycles. The summed E-state index contributed by atoms with van der Waals surface area (Å²) in [4.78, 5) is 44.7. The summed E-state index contributed by atoms with van der Waals surface area (Å²) < 4.78 is 20.0. The fourth-order valence-corrected chi connectivity index (χ4v) is 4.55. The third kappa shape index (κ3) is 4.50. The van der Waals surface area contributed by atoms with Crippen LogP contribution in [0.2, 0.25) is 0 Å². The zero-order valence-electron chi connectivity index (χ0n) is 19.3. The quantitative estimate of drug-likeness (QED) is 0.598. The molecule has 0 spiro atoms. The van der Waals surface area contributed by atoms with E-state index in [2.05, 4.69) is 10.3 Å². The van der Waals surface area contributed by atoms with E-state index in [0.717, 1.165) is 18.1 Å². The van der Waals surface area contributed by atoms with Crippen LogP contribution in [0.15, 0.2) is 53.5 Å². The zero-order valence-corrected chi connectivity index (χ0v) is 19.3. The maximum atomic E-state index is 14.8. The number of amides is 2. The van der Waals surface area contributed by atoms with Gasteiger partial charge in [-0.2, -0.15) is 0 Å². The summed E-state index contributed by atoms with van der Waals surface area (Å²) in [6, 6.07) is 13.3. The smallest absolute Gasteiger partial charge is 0.260 e. The third-order valence-corrected chi connectivity index (χ3v) is 6.34. The Kier molecular flexibility index (Phi) is 6.88. The molecule has 2 atom stereocenters. The normalized spacial score (nSPS) is 22.1. The number of aliphatic imine (C=N–C) groups is 1. The molecule has 2 aliphatic heterocycles. The highest BCUT2D eigenvalue weighted by molar-refractivity contribution is 6.11. The second kappa shape index (κ2) is 9.85. The highest BCUT2D eigenvalue weighted by Gasteiger charge is 2.48. The van der Waals surface area contributed by atoms with Crippen molar-refractivity contribution in [2.24, 2.45) is 10.9 Å². The van der Waals surface area contributed by atoms with Gasteiger partial charge < -0.3 is 10.1 Å². The molecule has 0 radical (unpaired) electrons. The number of ether oxygens (including phenoxy) is 1. The summed E-state index contributed by atoms with van der Waals surface area (Å²) in [5.74, 6) is -1.65. The first-order valence-corrected chi connectivity index (χ1v) is 11.5. The fourth-order valence-electron chi connectivity index (χ4n) is 4.55. The number of anilines is 1. The van der Waals surface area contributed by atoms with E-state index >= 15 is 0 Å². The van der Waals surface area contributed by atoms with Crippen LogP contribution < -0.4 is 5.32 Å². The van der Waals surface area contributed by atoms with Crippen molar-refractivity contribution in [3.63, 3.8) is 0 Å². The number of ketones is 1. The van der Waals surface area contributed by atoms with E-state index in [1.165, 1.54) is 17.0 Å². The first-order chi connectivity index (χ1) is 16.4. The van der Waals surface area contributed by atoms with Crippen molar-refractivity contribution in [1.29, 1.82) is 0 Å². The molecule has 34 heavy (non-hydrogen) atoms. The molecule has 0 saturated carbocycles. The lowest BCUT2D eigenvalue weighted by atomic mass is 9.85. The van der Waals surface area contributed by atoms with E-state index in [4.69, 9.17) is 4.74 Å². The van der Waals surface area contributed by atoms with Crippen LogP contribution in [0.25, 0.3) is 0 Å². The molecular weight excluding hydrogens is 437 g/mol. The van der Waals surface area contributed by atoms with Crippen LogP contribution in [0, 0.1) is 11.7 Å². The van der Waals surface area contributed by atoms with Crippen LogP contribution in [0.5, 0.6) is 0 Å². The summed E-state index contributed by atoms with van der Waals surface area (Å²) in [6.07, 6.45) is 1.86. The lowest BCUT2D eigenvalue weighted by molar-refractivity contribution is -0.131. The van der Waals surface area contributed by atoms with Gasteiger partial charge in [-0.3, -0.25) is 24.3 Å². The van der Waals surface area contributed by atoms with E-state index in [0.29, 0.717) is 31.9 Å². The van der Waals surface area contributed by atoms with E-state index in [1.807, 2.05) is 37.3 Å². The standard InChI is InChI=1S/C26H28FN3O4/c1-3-12-26(19-7-5-4-6-8-19)25(33)30(17(2)29-26)15-23(31)21-10-9-20(14-22(21)27)28-24(32)18-11-13-34-16-18/h4-10,14,18H,3,11-13,15-16H2,1-2H3,(H,28,32). The predicted octanol–water partition coefficient (Wildman–Crippen LogP) is 3.94. The highest BCUT2D eigenvalue weighted by Crippen LogP contribution is 2.38. The average molecular weight is 466 g/mol. The molecule has 1 N–H and O–H groups in total. The number of nitrogens with one attached hydrogen (secondary N) is 1. The van der Waals surface area contributed by atoms with Gasteiger partial charge in [0.1, 0.15) is 11.7 Å². The molecule has 7 nitrogen and oxygen atoms in total. The summed E-state index contributed by atoms with van der Waals surface area (Å²) in [7, 11) is 0. The van der Waals surface area contributed by atoms with E-state index in [9.17, 15) is 18.8 Å². The first-order valence-electron chi connectivity index (χ1n) is 11.5. The molecule has 4 rings (SSSR count). The molecular formula is C26H28FN3O4. The van der Waals surface area contributed by atoms with Gasteiger partial charge in [0.25, 0.3) is 5.91 Å². The largest absolute Gasteiger partial charge is 0.381 e. The van der Waals surface area contributed by atoms with Crippen LogP contribution in [0.3, 0.4) is 0 Å². The second-order valence-electron chi connectivity index (χ2n) is 8.69. The maximum absolute atomic E-state index is 14.8. The van der Waals surface area contributed by atoms with Gasteiger partial charge in [0.05, 0.1) is 24.6 Å². The number of Topliss-reactive ketones (excluding diaryl/α,β-unsaturated/α-hetero) is 1. The molecule has 0 aliphatic carbocycles. The summed E-state index contributed by atoms with van der Waals surface area (Å²) in [6.45, 7) is 4.23. The number of carbonyl (C=O) groups is 3. The fraction of sp³-hybridized carbons (Fsp3) is 0.385. The molecule has 178 valence electrons. The van der Waals surface area contributed by atoms with Gasteiger partial charge in [0.15, 0.2) is 11.3 Å². The first kappa shape index (κ1) is 23.8. The highest BCUT2D eigenvalue weighted by atomic mass is 19.1. The van der Waals surface area contributed by atoms with Crippen molar-refractivity contribution < 1.29 is 23.5 Å². The van der Waals surface area contributed by atoms with Gasteiger partial charge in [-0.1, -0.05) is 43.7 Å². The van der Waals surface area contributed by atoms with Crippen molar-refractivity contribution in [3.05, 3.63) is 65.5 Å². The Morgan fingerprint density at radius 1 is 1.24 bits per heavy atom. The topological polar surface area (TPSA) is 88.1 Å². The minimum absolute atomic E-state index is 0.143. The molecule has 2 heterocycles. The average Bonchev–Trinajstić information content (AvgIpc) is 3.44. The summed E-state index contributed by atoms with van der Waals surface area (Å²) in [5, 5.41) is 2.67. The molecule has 2 aliphatic rings. The summed E-state index contributed by atoms with van der Waals surface area (Å²) >= 11 is 0. The molecule has 0 aromatic heterocycles. The molecule has 2 amide bonds. The number of carbonyl (C=O) groups excluding carboxylic acids is 3. The number of hydrogen-bond donors (Lipinski definition) is 1. The van der Waals surface area contributed by atoms with Gasteiger partial charge in [-0.05, 0) is 43.5 Å². The molecule has 2 unspecified atom stereocenters. The zero-order chi connectivity index (χ0) is 24.3. The molecule has 0 bridgehead atoms. The van der Waals surface area contributed by atoms with Crippen LogP contribution in [0.4, 0.5) is 10.1 Å². The van der Waals surface area contributed by atoms with Crippen LogP contribution >= 0.6 is 0 Å². The van der Waals surface area contributed by atoms with Gasteiger partial charge in [0.2, 0.25) is 5.91 Å². The molecule has 1 fully saturated rings. The third-order valence-electron chi connectivity index (χ3n) is 6.34. The Labute approximate surface area is 198 Å². The Morgan fingerprint density at radius 2 is 2.00 bits per heavy atom. The SMILES string of the molecule is CCCC1(c2ccccc2)N=C(C)N(CC(=O)c2ccc(NC(=O)C3CCOC3)cc2F)C1=O. The minimum Gasteiger partial charge on any atom is -0.381 e. The maximum Gasteiger partial charge on any atom is 0.260 e. The minimum atomic E-state index is -1.07. The number of nitrogens with zero attached hydrogens (tertiary/aromatic N) is 2. The molecule has 2 aromatic rings. The van der Waals surface area contributed by atoms with Crippen molar-refractivity contribution in [2.45, 2.75) is 38.6 Å². The van der Waals surface area contributed by atoms with Gasteiger partial charge in [-0.25, -0.2) is 4.39 Å². The Hall–Kier alpha value is -3.39. The lowest BCUT2D eigenvalue weighted by Gasteiger charge is -2.26. The van der Waals surface area contributed by atoms with E-state index < -0.39 is 17.1 Å². The van der Waals surface area contributed by atoms with Crippen LogP contribution in [-0.4, -0.2) is 48.1 Å². The molecule has 1 saturated heterocycles. The van der Waals surface area contributed by atoms with Crippen molar-refractivity contribution >= 4 is 29.1 Å². The van der Waals surface area contributed by atoms with Gasteiger partial charge in [0, 0.05) is 12.3 Å². The number of hydrogen-bond acceptors (Lipinski definition) is 5. The van der Waals surface area contributed by atoms with Crippen molar-refractivity contribution in [3.8, 4) is 0 Å². The van der Waals surface area contributed by atoms with Crippen LogP contribution in [-0.2, 0) is 19.9 Å². The van der Waals surface area contributed by atoms with Gasteiger partial charge in [-0.15, -0.1) is 0 Å². The second-order valence-corrected chi connectivity index (χ2v) is 8.69. The number of halogens is 1. The number of amidine groups is 1. The predicted molar refractivity (Wildman–Crippen MR) is 126 cm³/mol. The lowest BCUT2D eigenvalue weighted by Crippen LogP contribution is -2.43. The Bertz CT molecular complexity index is 1130. The van der Waals surface area contributed by atoms with Crippen LogP contribution in [0.1, 0.15) is 49.0 Å². The summed E-state index contributed by atoms with van der Waals surface area (Å²) in [5.41, 5.74) is -0.172. The Balaban J connectivity index is 1.49. The number of benzene rings is 2. The van der Waals surface area contributed by atoms with E-state index in [1.54, 1.807) is 6.92 Å². The van der Waals surface area contributed by atoms with Crippen molar-refractivity contribution in [1.82, 2.24) is 4.90 Å². The van der Waals surface area contributed by atoms with E-state index in [-0.39, 0.29) is 35.5 Å².